The number of methoxy groups -OCH3 is 1. The first kappa shape index (κ1) is 31.1. The molecule has 0 fully saturated rings. The van der Waals surface area contributed by atoms with Crippen molar-refractivity contribution in [2.45, 2.75) is 74.3 Å². The minimum absolute atomic E-state index is 0.0797. The normalized spacial score (nSPS) is 13.4. The molecule has 0 aromatic heterocycles. The quantitative estimate of drug-likeness (QED) is 0.271. The second kappa shape index (κ2) is 13.4. The molecule has 1 aromatic rings. The van der Waals surface area contributed by atoms with Gasteiger partial charge in [0.15, 0.2) is 11.5 Å². The molecule has 1 aromatic carbocycles. The Morgan fingerprint density at radius 1 is 0.889 bits per heavy atom. The van der Waals surface area contributed by atoms with E-state index in [1.165, 1.54) is 13.2 Å². The van der Waals surface area contributed by atoms with E-state index in [-0.39, 0.29) is 43.0 Å². The summed E-state index contributed by atoms with van der Waals surface area (Å²) in [4.78, 5) is 49.2. The lowest BCUT2D eigenvalue weighted by Gasteiger charge is -2.21. The Labute approximate surface area is 214 Å². The Kier molecular flexibility index (Phi) is 11.6. The van der Waals surface area contributed by atoms with Crippen molar-refractivity contribution in [2.75, 3.05) is 20.3 Å². The fourth-order valence-electron chi connectivity index (χ4n) is 2.66. The second-order valence-corrected chi connectivity index (χ2v) is 10.8. The molecule has 1 rings (SSSR count). The van der Waals surface area contributed by atoms with Crippen LogP contribution in [0.5, 0.6) is 11.5 Å². The number of ether oxygens (including phenoxy) is 4. The van der Waals surface area contributed by atoms with Crippen molar-refractivity contribution in [1.82, 2.24) is 5.32 Å². The number of hydrogen-bond acceptors (Lipinski definition) is 9. The Bertz CT molecular complexity index is 927. The molecule has 0 spiro atoms. The third-order valence-electron chi connectivity index (χ3n) is 5.32. The van der Waals surface area contributed by atoms with Gasteiger partial charge >= 0.3 is 23.9 Å². The van der Waals surface area contributed by atoms with E-state index >= 15 is 0 Å². The summed E-state index contributed by atoms with van der Waals surface area (Å²) in [7, 11) is 1.28. The van der Waals surface area contributed by atoms with Crippen LogP contribution < -0.4 is 14.8 Å². The lowest BCUT2D eigenvalue weighted by Crippen LogP contribution is -2.41. The summed E-state index contributed by atoms with van der Waals surface area (Å²) in [5.74, 6) is -1.78. The average molecular weight is 508 g/mol. The Morgan fingerprint density at radius 2 is 1.44 bits per heavy atom. The van der Waals surface area contributed by atoms with Crippen LogP contribution in [0, 0.1) is 16.7 Å². The van der Waals surface area contributed by atoms with E-state index in [4.69, 9.17) is 18.9 Å². The molecule has 1 unspecified atom stereocenters. The zero-order chi connectivity index (χ0) is 27.7. The molecule has 2 atom stereocenters. The molecule has 9 heteroatoms. The molecule has 1 N–H and O–H groups in total. The van der Waals surface area contributed by atoms with Gasteiger partial charge in [0, 0.05) is 6.54 Å². The number of carbonyl (C=O) groups excluding carboxylic acids is 4. The van der Waals surface area contributed by atoms with Crippen molar-refractivity contribution < 1.29 is 38.1 Å². The van der Waals surface area contributed by atoms with Crippen LogP contribution in [0.25, 0.3) is 0 Å². The largest absolute Gasteiger partial charge is 0.468 e. The Hall–Kier alpha value is -2.94. The van der Waals surface area contributed by atoms with Crippen molar-refractivity contribution in [2.24, 2.45) is 16.7 Å². The number of nitrogens with one attached hydrogen (secondary N) is 1. The molecule has 0 aliphatic heterocycles. The molecule has 202 valence electrons. The van der Waals surface area contributed by atoms with E-state index in [9.17, 15) is 19.2 Å². The van der Waals surface area contributed by atoms with Crippen LogP contribution in [0.4, 0.5) is 0 Å². The zero-order valence-corrected chi connectivity index (χ0v) is 23.0. The van der Waals surface area contributed by atoms with Gasteiger partial charge in [-0.05, 0) is 72.1 Å². The SMILES string of the molecule is CCC(C)C(=O)OCCN[C@@H](Cc1ccc(OC(=O)C(C)(C)C)c(OC(=O)C(C)(C)C)c1)C(=O)OC. The molecule has 0 heterocycles. The van der Waals surface area contributed by atoms with E-state index in [0.717, 1.165) is 0 Å². The monoisotopic (exact) mass is 507 g/mol. The average Bonchev–Trinajstić information content (AvgIpc) is 2.79. The summed E-state index contributed by atoms with van der Waals surface area (Å²) in [5, 5.41) is 3.04. The molecule has 0 radical (unpaired) electrons. The summed E-state index contributed by atoms with van der Waals surface area (Å²) in [6, 6.07) is 4.04. The van der Waals surface area contributed by atoms with Gasteiger partial charge in [-0.3, -0.25) is 19.2 Å². The van der Waals surface area contributed by atoms with Crippen molar-refractivity contribution in [3.05, 3.63) is 23.8 Å². The van der Waals surface area contributed by atoms with Gasteiger partial charge in [-0.15, -0.1) is 0 Å². The third kappa shape index (κ3) is 9.97. The fourth-order valence-corrected chi connectivity index (χ4v) is 2.66. The minimum atomic E-state index is -0.788. The highest BCUT2D eigenvalue weighted by molar-refractivity contribution is 5.81. The maximum absolute atomic E-state index is 12.6. The molecular weight excluding hydrogens is 466 g/mol. The number of rotatable bonds is 11. The molecule has 0 aliphatic carbocycles. The predicted octanol–water partition coefficient (Wildman–Crippen LogP) is 3.85. The van der Waals surface area contributed by atoms with E-state index in [0.29, 0.717) is 12.0 Å². The van der Waals surface area contributed by atoms with Crippen molar-refractivity contribution in [3.8, 4) is 11.5 Å². The highest BCUT2D eigenvalue weighted by atomic mass is 16.6. The van der Waals surface area contributed by atoms with Gasteiger partial charge < -0.3 is 24.3 Å². The molecule has 0 bridgehead atoms. The van der Waals surface area contributed by atoms with Gasteiger partial charge in [-0.25, -0.2) is 0 Å². The Morgan fingerprint density at radius 3 is 1.94 bits per heavy atom. The van der Waals surface area contributed by atoms with E-state index in [1.54, 1.807) is 60.6 Å². The van der Waals surface area contributed by atoms with Gasteiger partial charge in [0.05, 0.1) is 23.9 Å². The predicted molar refractivity (Wildman–Crippen MR) is 135 cm³/mol. The van der Waals surface area contributed by atoms with Crippen molar-refractivity contribution in [1.29, 1.82) is 0 Å². The minimum Gasteiger partial charge on any atom is -0.468 e. The van der Waals surface area contributed by atoms with E-state index in [2.05, 4.69) is 5.32 Å². The summed E-state index contributed by atoms with van der Waals surface area (Å²) in [6.45, 7) is 14.3. The highest BCUT2D eigenvalue weighted by Gasteiger charge is 2.29. The second-order valence-electron chi connectivity index (χ2n) is 10.8. The zero-order valence-electron chi connectivity index (χ0n) is 23.0. The first-order valence-electron chi connectivity index (χ1n) is 12.2. The maximum Gasteiger partial charge on any atom is 0.323 e. The molecule has 0 saturated heterocycles. The summed E-state index contributed by atoms with van der Waals surface area (Å²) in [5.41, 5.74) is -0.909. The van der Waals surface area contributed by atoms with Crippen LogP contribution >= 0.6 is 0 Å². The number of carbonyl (C=O) groups is 4. The number of benzene rings is 1. The molecule has 0 aliphatic rings. The fraction of sp³-hybridized carbons (Fsp3) is 0.630. The highest BCUT2D eigenvalue weighted by Crippen LogP contribution is 2.33. The summed E-state index contributed by atoms with van der Waals surface area (Å²) in [6.07, 6.45) is 0.875. The van der Waals surface area contributed by atoms with Gasteiger partial charge in [0.25, 0.3) is 0 Å². The third-order valence-corrected chi connectivity index (χ3v) is 5.32. The van der Waals surface area contributed by atoms with Crippen molar-refractivity contribution in [3.63, 3.8) is 0 Å². The molecule has 9 nitrogen and oxygen atoms in total. The van der Waals surface area contributed by atoms with Crippen LogP contribution in [0.1, 0.15) is 67.4 Å². The number of esters is 4. The molecular formula is C27H41NO8. The van der Waals surface area contributed by atoms with Crippen molar-refractivity contribution >= 4 is 23.9 Å². The van der Waals surface area contributed by atoms with Crippen LogP contribution in [-0.4, -0.2) is 50.2 Å². The van der Waals surface area contributed by atoms with Crippen LogP contribution in [0.15, 0.2) is 18.2 Å². The van der Waals surface area contributed by atoms with Crippen LogP contribution in [-0.2, 0) is 35.1 Å². The van der Waals surface area contributed by atoms with Gasteiger partial charge in [-0.2, -0.15) is 0 Å². The van der Waals surface area contributed by atoms with Crippen LogP contribution in [0.3, 0.4) is 0 Å². The Balaban J connectivity index is 3.09. The standard InChI is InChI=1S/C27H41NO8/c1-10-17(2)22(29)34-14-13-28-19(23(30)33-9)15-18-11-12-20(35-24(31)26(3,4)5)21(16-18)36-25(32)27(6,7)8/h11-12,16-17,19,28H,10,13-15H2,1-9H3/t17?,19-/m0/s1. The first-order chi connectivity index (χ1) is 16.6. The molecule has 36 heavy (non-hydrogen) atoms. The van der Waals surface area contributed by atoms with E-state index in [1.807, 2.05) is 6.92 Å². The smallest absolute Gasteiger partial charge is 0.323 e. The summed E-state index contributed by atoms with van der Waals surface area (Å²) < 4.78 is 21.2. The number of hydrogen-bond donors (Lipinski definition) is 1. The maximum atomic E-state index is 12.6. The topological polar surface area (TPSA) is 117 Å². The summed E-state index contributed by atoms with van der Waals surface area (Å²) >= 11 is 0. The van der Waals surface area contributed by atoms with Gasteiger partial charge in [0.1, 0.15) is 12.6 Å². The van der Waals surface area contributed by atoms with Gasteiger partial charge in [-0.1, -0.05) is 19.9 Å². The first-order valence-corrected chi connectivity index (χ1v) is 12.2. The van der Waals surface area contributed by atoms with Gasteiger partial charge in [0.2, 0.25) is 0 Å². The van der Waals surface area contributed by atoms with Crippen LogP contribution in [0.2, 0.25) is 0 Å². The van der Waals surface area contributed by atoms with E-state index < -0.39 is 34.8 Å². The molecule has 0 saturated carbocycles. The molecule has 0 amide bonds. The lowest BCUT2D eigenvalue weighted by atomic mass is 9.97. The lowest BCUT2D eigenvalue weighted by molar-refractivity contribution is -0.148.